The molecule has 12 heteroatoms. The van der Waals surface area contributed by atoms with Crippen molar-refractivity contribution < 1.29 is 0 Å². The van der Waals surface area contributed by atoms with Crippen LogP contribution in [0.4, 0.5) is 0 Å². The molecule has 28 unspecified atom stereocenters. The van der Waals surface area contributed by atoms with Gasteiger partial charge in [-0.3, -0.25) is 0 Å². The number of hydrogen-bond acceptors (Lipinski definition) is 12. The lowest BCUT2D eigenvalue weighted by molar-refractivity contribution is 0.154. The molecular formula is C60H86N12. The van der Waals surface area contributed by atoms with Crippen LogP contribution in [0.1, 0.15) is 89.9 Å². The van der Waals surface area contributed by atoms with Crippen LogP contribution in [0, 0.1) is 23.7 Å². The van der Waals surface area contributed by atoms with Crippen molar-refractivity contribution in [2.75, 3.05) is 0 Å². The first-order chi connectivity index (χ1) is 35.5. The van der Waals surface area contributed by atoms with E-state index in [1.807, 2.05) is 0 Å². The molecule has 72 heavy (non-hydrogen) atoms. The molecule has 6 fully saturated rings. The van der Waals surface area contributed by atoms with Crippen LogP contribution in [0.3, 0.4) is 0 Å². The predicted octanol–water partition coefficient (Wildman–Crippen LogP) is 3.04. The smallest absolute Gasteiger partial charge is 0.0306 e. The molecule has 12 N–H and O–H groups in total. The van der Waals surface area contributed by atoms with E-state index in [1.54, 1.807) is 0 Å². The van der Waals surface area contributed by atoms with Crippen molar-refractivity contribution in [3.63, 3.8) is 0 Å². The summed E-state index contributed by atoms with van der Waals surface area (Å²) in [4.78, 5) is 0. The molecule has 0 aromatic heterocycles. The van der Waals surface area contributed by atoms with Crippen molar-refractivity contribution in [2.45, 2.75) is 235 Å². The van der Waals surface area contributed by atoms with Gasteiger partial charge in [0.25, 0.3) is 0 Å². The van der Waals surface area contributed by atoms with E-state index in [0.717, 1.165) is 32.1 Å². The molecule has 12 nitrogen and oxygen atoms in total. The largest absolute Gasteiger partial charge is 0.311 e. The molecule has 15 rings (SSSR count). The molecule has 0 spiro atoms. The molecule has 15 aliphatic rings. The third-order valence-corrected chi connectivity index (χ3v) is 21.1. The van der Waals surface area contributed by atoms with Gasteiger partial charge in [-0.1, -0.05) is 109 Å². The Morgan fingerprint density at radius 3 is 0.722 bits per heavy atom. The predicted molar refractivity (Wildman–Crippen MR) is 289 cm³/mol. The normalized spacial score (nSPS) is 54.7. The fraction of sp³-hybridized carbons (Fsp3) is 0.700. The van der Waals surface area contributed by atoms with E-state index < -0.39 is 0 Å². The van der Waals surface area contributed by atoms with E-state index in [0.29, 0.717) is 163 Å². The quantitative estimate of drug-likeness (QED) is 0.185. The number of rotatable bonds is 2. The summed E-state index contributed by atoms with van der Waals surface area (Å²) in [7, 11) is 0. The monoisotopic (exact) mass is 975 g/mol. The molecule has 0 aliphatic carbocycles. The minimum absolute atomic E-state index is 0.281. The van der Waals surface area contributed by atoms with Crippen LogP contribution in [0.2, 0.25) is 0 Å². The van der Waals surface area contributed by atoms with Crippen molar-refractivity contribution in [3.8, 4) is 0 Å². The van der Waals surface area contributed by atoms with Crippen LogP contribution >= 0.6 is 0 Å². The summed E-state index contributed by atoms with van der Waals surface area (Å²) in [6.45, 7) is 0. The van der Waals surface area contributed by atoms with Crippen LogP contribution < -0.4 is 63.8 Å². The van der Waals surface area contributed by atoms with E-state index in [2.05, 4.69) is 173 Å². The van der Waals surface area contributed by atoms with Gasteiger partial charge in [-0.05, 0) is 102 Å². The average Bonchev–Trinajstić information content (AvgIpc) is 4.20. The highest BCUT2D eigenvalue weighted by Gasteiger charge is 2.51. The number of fused-ring (bicyclic) bond motifs is 24. The van der Waals surface area contributed by atoms with Crippen LogP contribution in [0.25, 0.3) is 0 Å². The number of hydrogen-bond donors (Lipinski definition) is 12. The van der Waals surface area contributed by atoms with Crippen LogP contribution in [-0.2, 0) is 0 Å². The van der Waals surface area contributed by atoms with Gasteiger partial charge in [0.05, 0.1) is 0 Å². The highest BCUT2D eigenvalue weighted by molar-refractivity contribution is 5.29. The fourth-order valence-electron chi connectivity index (χ4n) is 18.0. The summed E-state index contributed by atoms with van der Waals surface area (Å²) >= 11 is 0. The topological polar surface area (TPSA) is 144 Å². The zero-order valence-corrected chi connectivity index (χ0v) is 42.5. The van der Waals surface area contributed by atoms with E-state index in [9.17, 15) is 0 Å². The van der Waals surface area contributed by atoms with Gasteiger partial charge in [-0.15, -0.1) is 0 Å². The van der Waals surface area contributed by atoms with Gasteiger partial charge in [0.2, 0.25) is 0 Å². The van der Waals surface area contributed by atoms with Crippen LogP contribution in [-0.4, -0.2) is 145 Å². The summed E-state index contributed by atoms with van der Waals surface area (Å²) < 4.78 is 0. The fourth-order valence-corrected chi connectivity index (χ4v) is 18.0. The second-order valence-corrected chi connectivity index (χ2v) is 25.8. The lowest BCUT2D eigenvalue weighted by Crippen LogP contribution is -2.59. The Morgan fingerprint density at radius 2 is 0.403 bits per heavy atom. The molecule has 0 amide bonds. The minimum Gasteiger partial charge on any atom is -0.311 e. The molecule has 24 bridgehead atoms. The summed E-state index contributed by atoms with van der Waals surface area (Å²) in [5, 5.41) is 50.8. The molecule has 0 radical (unpaired) electrons. The average molecular weight is 975 g/mol. The van der Waals surface area contributed by atoms with Crippen molar-refractivity contribution in [2.24, 2.45) is 23.7 Å². The van der Waals surface area contributed by atoms with Crippen molar-refractivity contribution in [1.29, 1.82) is 0 Å². The van der Waals surface area contributed by atoms with E-state index in [4.69, 9.17) is 0 Å². The van der Waals surface area contributed by atoms with Crippen molar-refractivity contribution >= 4 is 0 Å². The highest BCUT2D eigenvalue weighted by atomic mass is 15.1. The van der Waals surface area contributed by atoms with Gasteiger partial charge in [-0.2, -0.15) is 0 Å². The van der Waals surface area contributed by atoms with E-state index >= 15 is 0 Å². The highest BCUT2D eigenvalue weighted by Crippen LogP contribution is 2.42. The maximum Gasteiger partial charge on any atom is 0.0306 e. The first-order valence-corrected chi connectivity index (χ1v) is 29.7. The first kappa shape index (κ1) is 46.5. The second kappa shape index (κ2) is 19.6. The Hall–Kier alpha value is -2.82. The Labute approximate surface area is 430 Å². The molecule has 0 aromatic rings. The Kier molecular flexibility index (Phi) is 12.7. The molecule has 0 saturated carbocycles. The minimum atomic E-state index is 0.281. The van der Waals surface area contributed by atoms with Gasteiger partial charge in [0, 0.05) is 157 Å². The molecule has 386 valence electrons. The molecular weight excluding hydrogens is 889 g/mol. The number of nitrogens with one attached hydrogen (secondary N) is 12. The zero-order valence-electron chi connectivity index (χ0n) is 42.5. The third kappa shape index (κ3) is 9.37. The molecule has 28 atom stereocenters. The Morgan fingerprint density at radius 1 is 0.181 bits per heavy atom. The van der Waals surface area contributed by atoms with Gasteiger partial charge >= 0.3 is 0 Å². The molecule has 15 heterocycles. The standard InChI is InChI=1S/C60H86N12/c1-5-37-27-41-9-17-49(65-41)57(50-18-10-42(66-50)28-38-6-2-34(62-38)25-33(1)61-37)59-53-21-13-45(69-53)31-47-15-23-55(71-47)60(56-24-16-48(72-56)32-46-14-22-54(59)70-46)58-51-19-11-43(67-51)29-39-7-3-35(63-39)26-36-4-8-40(64-36)30-44-12-20-52(58)68-44/h1-3,5-7,9,11-15,17,19-23,33-72H,4,8,10,16,18,24-32H2. The SMILES string of the molecule is C1=CC2CC3C=CC(N3)C(C3C4C=CC(CC5C=CC(N5)C(C5C6C=CC(CC7C=CC(CC8CCC(CC9C=CC5N9)N8)N7)N6)C5CCC(CC6C=CC3N6)N5)N4)C3CCC(CC4C=CC(CC1N2)N4)N3. The molecule has 0 aromatic carbocycles. The van der Waals surface area contributed by atoms with Crippen molar-refractivity contribution in [1.82, 2.24) is 63.8 Å². The second-order valence-electron chi connectivity index (χ2n) is 25.8. The van der Waals surface area contributed by atoms with Gasteiger partial charge < -0.3 is 63.8 Å². The van der Waals surface area contributed by atoms with Crippen molar-refractivity contribution in [3.05, 3.63) is 109 Å². The summed E-state index contributed by atoms with van der Waals surface area (Å²) in [6, 6.07) is 9.68. The lowest BCUT2D eigenvalue weighted by Gasteiger charge is -2.43. The summed E-state index contributed by atoms with van der Waals surface area (Å²) in [5.74, 6) is 1.62. The molecule has 6 saturated heterocycles. The summed E-state index contributed by atoms with van der Waals surface area (Å²) in [6.07, 6.45) is 62.2. The third-order valence-electron chi connectivity index (χ3n) is 21.1. The Bertz CT molecular complexity index is 2270. The van der Waals surface area contributed by atoms with Gasteiger partial charge in [0.15, 0.2) is 0 Å². The lowest BCUT2D eigenvalue weighted by atomic mass is 9.72. The van der Waals surface area contributed by atoms with Crippen LogP contribution in [0.5, 0.6) is 0 Å². The van der Waals surface area contributed by atoms with E-state index in [1.165, 1.54) is 57.8 Å². The van der Waals surface area contributed by atoms with Crippen LogP contribution in [0.15, 0.2) is 109 Å². The Balaban J connectivity index is 0.702. The molecule has 15 aliphatic heterocycles. The maximum absolute atomic E-state index is 4.44. The maximum atomic E-state index is 4.44. The van der Waals surface area contributed by atoms with Gasteiger partial charge in [-0.25, -0.2) is 0 Å². The first-order valence-electron chi connectivity index (χ1n) is 29.7. The van der Waals surface area contributed by atoms with Gasteiger partial charge in [0.1, 0.15) is 0 Å². The summed E-state index contributed by atoms with van der Waals surface area (Å²) in [5.41, 5.74) is 0. The van der Waals surface area contributed by atoms with E-state index in [-0.39, 0.29) is 6.04 Å². The zero-order chi connectivity index (χ0) is 47.3.